The normalized spacial score (nSPS) is 15.6. The maximum Gasteiger partial charge on any atom is 0.119 e. The summed E-state index contributed by atoms with van der Waals surface area (Å²) in [5.41, 5.74) is 0. The third-order valence-electron chi connectivity index (χ3n) is 8.84. The molecular weight excluding hydrogens is 628 g/mol. The lowest BCUT2D eigenvalue weighted by atomic mass is 9.89. The van der Waals surface area contributed by atoms with Crippen molar-refractivity contribution in [1.29, 1.82) is 0 Å². The van der Waals surface area contributed by atoms with Crippen molar-refractivity contribution in [2.45, 2.75) is 96.5 Å². The summed E-state index contributed by atoms with van der Waals surface area (Å²) >= 11 is 0. The van der Waals surface area contributed by atoms with Gasteiger partial charge in [0.05, 0.1) is 45.7 Å². The fourth-order valence-corrected chi connectivity index (χ4v) is 5.72. The summed E-state index contributed by atoms with van der Waals surface area (Å²) in [7, 11) is 0. The number of hydrogen-bond donors (Lipinski definition) is 0. The van der Waals surface area contributed by atoms with Crippen LogP contribution in [0.15, 0.2) is 85.5 Å². The van der Waals surface area contributed by atoms with E-state index < -0.39 is 0 Å². The van der Waals surface area contributed by atoms with E-state index in [1.54, 1.807) is 0 Å². The first-order chi connectivity index (χ1) is 24.7. The van der Waals surface area contributed by atoms with Crippen LogP contribution in [0, 0.1) is 5.92 Å². The van der Waals surface area contributed by atoms with Gasteiger partial charge in [-0.2, -0.15) is 0 Å². The minimum absolute atomic E-state index is 0.475. The summed E-state index contributed by atoms with van der Waals surface area (Å²) in [5, 5.41) is 0. The Morgan fingerprint density at radius 1 is 0.440 bits per heavy atom. The molecule has 7 nitrogen and oxygen atoms in total. The lowest BCUT2D eigenvalue weighted by molar-refractivity contribution is 0.0170. The average Bonchev–Trinajstić information content (AvgIpc) is 3.15. The average molecular weight is 689 g/mol. The van der Waals surface area contributed by atoms with E-state index in [2.05, 4.69) is 13.5 Å². The van der Waals surface area contributed by atoms with E-state index in [0.29, 0.717) is 32.5 Å². The number of benzene rings is 3. The highest BCUT2D eigenvalue weighted by molar-refractivity contribution is 5.32. The standard InChI is InChI=1S/C43H60O7/c1-3-4-29-44-38-17-19-41(20-18-38)48-34-11-12-35-50-43-27-23-40(24-28-43)46-31-8-6-5-7-30-45-39-21-25-42(26-22-39)49-33-10-9-32-47-37-15-13-36(2)14-16-37/h3,17-28,36-37H,1,4-16,29-35H2,2H3. The van der Waals surface area contributed by atoms with Gasteiger partial charge in [-0.1, -0.05) is 13.0 Å². The molecule has 50 heavy (non-hydrogen) atoms. The molecule has 0 radical (unpaired) electrons. The Labute approximate surface area is 301 Å². The highest BCUT2D eigenvalue weighted by Crippen LogP contribution is 2.26. The van der Waals surface area contributed by atoms with Crippen LogP contribution in [-0.2, 0) is 4.74 Å². The molecule has 7 heteroatoms. The Bertz CT molecular complexity index is 1270. The van der Waals surface area contributed by atoms with E-state index in [1.807, 2.05) is 78.9 Å². The second-order valence-electron chi connectivity index (χ2n) is 13.2. The van der Waals surface area contributed by atoms with E-state index in [1.165, 1.54) is 25.7 Å². The molecular formula is C43H60O7. The molecule has 0 unspecified atom stereocenters. The Morgan fingerprint density at radius 2 is 0.740 bits per heavy atom. The highest BCUT2D eigenvalue weighted by Gasteiger charge is 2.18. The summed E-state index contributed by atoms with van der Waals surface area (Å²) in [6.07, 6.45) is 16.4. The summed E-state index contributed by atoms with van der Waals surface area (Å²) < 4.78 is 41.1. The van der Waals surface area contributed by atoms with Gasteiger partial charge < -0.3 is 33.2 Å². The molecule has 0 amide bonds. The van der Waals surface area contributed by atoms with Gasteiger partial charge in [0.1, 0.15) is 34.5 Å². The van der Waals surface area contributed by atoms with Crippen LogP contribution < -0.4 is 28.4 Å². The molecule has 0 aliphatic heterocycles. The van der Waals surface area contributed by atoms with E-state index in [0.717, 1.165) is 118 Å². The number of rotatable bonds is 27. The van der Waals surface area contributed by atoms with Gasteiger partial charge in [0.25, 0.3) is 0 Å². The van der Waals surface area contributed by atoms with Crippen LogP contribution in [0.25, 0.3) is 0 Å². The minimum Gasteiger partial charge on any atom is -0.494 e. The van der Waals surface area contributed by atoms with Gasteiger partial charge >= 0.3 is 0 Å². The quantitative estimate of drug-likeness (QED) is 0.0583. The SMILES string of the molecule is C=CCCOc1ccc(OCCCCOc2ccc(OCCCCCCOc3ccc(OCCCCOC4CCC(C)CC4)cc3)cc2)cc1. The van der Waals surface area contributed by atoms with Crippen molar-refractivity contribution in [3.63, 3.8) is 0 Å². The van der Waals surface area contributed by atoms with Crippen molar-refractivity contribution >= 4 is 0 Å². The van der Waals surface area contributed by atoms with Crippen molar-refractivity contribution in [3.8, 4) is 34.5 Å². The summed E-state index contributed by atoms with van der Waals surface area (Å²) in [6, 6.07) is 23.6. The van der Waals surface area contributed by atoms with Crippen LogP contribution in [0.4, 0.5) is 0 Å². The lowest BCUT2D eigenvalue weighted by Gasteiger charge is -2.26. The zero-order chi connectivity index (χ0) is 34.9. The van der Waals surface area contributed by atoms with Gasteiger partial charge in [0.2, 0.25) is 0 Å². The number of unbranched alkanes of at least 4 members (excludes halogenated alkanes) is 5. The summed E-state index contributed by atoms with van der Waals surface area (Å²) in [5.74, 6) is 6.07. The Balaban J connectivity index is 0.922. The molecule has 1 aliphatic carbocycles. The Hall–Kier alpha value is -3.84. The molecule has 0 spiro atoms. The molecule has 3 aromatic rings. The predicted molar refractivity (Wildman–Crippen MR) is 201 cm³/mol. The molecule has 3 aromatic carbocycles. The highest BCUT2D eigenvalue weighted by atomic mass is 16.5. The zero-order valence-corrected chi connectivity index (χ0v) is 30.4. The lowest BCUT2D eigenvalue weighted by Crippen LogP contribution is -2.21. The second kappa shape index (κ2) is 24.3. The molecule has 0 aromatic heterocycles. The Kier molecular flexibility index (Phi) is 19.0. The molecule has 0 N–H and O–H groups in total. The van der Waals surface area contributed by atoms with Crippen LogP contribution in [0.5, 0.6) is 34.5 Å². The van der Waals surface area contributed by atoms with E-state index >= 15 is 0 Å². The van der Waals surface area contributed by atoms with Crippen LogP contribution in [0.3, 0.4) is 0 Å². The maximum atomic E-state index is 6.04. The van der Waals surface area contributed by atoms with Crippen LogP contribution in [-0.4, -0.2) is 52.4 Å². The van der Waals surface area contributed by atoms with Crippen molar-refractivity contribution < 1.29 is 33.2 Å². The summed E-state index contributed by atoms with van der Waals surface area (Å²) in [6.45, 7) is 11.0. The smallest absolute Gasteiger partial charge is 0.119 e. The molecule has 1 fully saturated rings. The van der Waals surface area contributed by atoms with Crippen LogP contribution >= 0.6 is 0 Å². The van der Waals surface area contributed by atoms with Crippen LogP contribution in [0.2, 0.25) is 0 Å². The van der Waals surface area contributed by atoms with Gasteiger partial charge in [-0.25, -0.2) is 0 Å². The van der Waals surface area contributed by atoms with Crippen molar-refractivity contribution in [2.75, 3.05) is 46.2 Å². The predicted octanol–water partition coefficient (Wildman–Crippen LogP) is 10.7. The van der Waals surface area contributed by atoms with Gasteiger partial charge in [-0.05, 0) is 162 Å². The Morgan fingerprint density at radius 3 is 1.08 bits per heavy atom. The molecule has 1 aliphatic rings. The fraction of sp³-hybridized carbons (Fsp3) is 0.535. The monoisotopic (exact) mass is 688 g/mol. The zero-order valence-electron chi connectivity index (χ0n) is 30.4. The van der Waals surface area contributed by atoms with E-state index in [4.69, 9.17) is 33.2 Å². The molecule has 4 rings (SSSR count). The molecule has 0 atom stereocenters. The van der Waals surface area contributed by atoms with Crippen molar-refractivity contribution in [1.82, 2.24) is 0 Å². The third-order valence-corrected chi connectivity index (χ3v) is 8.84. The van der Waals surface area contributed by atoms with E-state index in [9.17, 15) is 0 Å². The molecule has 274 valence electrons. The molecule has 0 bridgehead atoms. The largest absolute Gasteiger partial charge is 0.494 e. The molecule has 1 saturated carbocycles. The van der Waals surface area contributed by atoms with Crippen molar-refractivity contribution in [2.24, 2.45) is 5.92 Å². The van der Waals surface area contributed by atoms with Gasteiger partial charge in [0.15, 0.2) is 0 Å². The molecule has 0 saturated heterocycles. The first kappa shape index (κ1) is 39.0. The van der Waals surface area contributed by atoms with E-state index in [-0.39, 0.29) is 0 Å². The molecule has 0 heterocycles. The minimum atomic E-state index is 0.475. The van der Waals surface area contributed by atoms with Gasteiger partial charge in [-0.3, -0.25) is 0 Å². The van der Waals surface area contributed by atoms with Gasteiger partial charge in [0, 0.05) is 6.61 Å². The fourth-order valence-electron chi connectivity index (χ4n) is 5.72. The number of ether oxygens (including phenoxy) is 7. The first-order valence-electron chi connectivity index (χ1n) is 19.0. The maximum absolute atomic E-state index is 6.04. The number of hydrogen-bond acceptors (Lipinski definition) is 7. The van der Waals surface area contributed by atoms with Gasteiger partial charge in [-0.15, -0.1) is 6.58 Å². The van der Waals surface area contributed by atoms with Crippen LogP contribution in [0.1, 0.15) is 90.4 Å². The second-order valence-corrected chi connectivity index (χ2v) is 13.2. The summed E-state index contributed by atoms with van der Waals surface area (Å²) in [4.78, 5) is 0. The first-order valence-corrected chi connectivity index (χ1v) is 19.0. The van der Waals surface area contributed by atoms with Crippen molar-refractivity contribution in [3.05, 3.63) is 85.5 Å². The third kappa shape index (κ3) is 16.7. The topological polar surface area (TPSA) is 64.6 Å².